The van der Waals surface area contributed by atoms with Gasteiger partial charge in [-0.2, -0.15) is 0 Å². The van der Waals surface area contributed by atoms with Crippen molar-refractivity contribution < 1.29 is 9.59 Å². The van der Waals surface area contributed by atoms with Gasteiger partial charge in [0.2, 0.25) is 11.8 Å². The summed E-state index contributed by atoms with van der Waals surface area (Å²) < 4.78 is 0. The number of carbonyl (C=O) groups excluding carboxylic acids is 2. The van der Waals surface area contributed by atoms with Crippen molar-refractivity contribution in [3.63, 3.8) is 0 Å². The van der Waals surface area contributed by atoms with Gasteiger partial charge in [-0.15, -0.1) is 0 Å². The highest BCUT2D eigenvalue weighted by molar-refractivity contribution is 5.77. The molecule has 0 saturated carbocycles. The molecule has 2 amide bonds. The average Bonchev–Trinajstić information content (AvgIpc) is 2.66. The Balaban J connectivity index is 1.55. The molecule has 2 rings (SSSR count). The number of hydrogen-bond donors (Lipinski definition) is 2. The fourth-order valence-electron chi connectivity index (χ4n) is 2.74. The van der Waals surface area contributed by atoms with Crippen LogP contribution in [0.15, 0.2) is 60.7 Å². The second-order valence-electron chi connectivity index (χ2n) is 6.58. The second kappa shape index (κ2) is 11.1. The fourth-order valence-corrected chi connectivity index (χ4v) is 2.74. The minimum atomic E-state index is 0.0488. The van der Waals surface area contributed by atoms with Gasteiger partial charge in [-0.3, -0.25) is 9.59 Å². The highest BCUT2D eigenvalue weighted by atomic mass is 16.2. The third kappa shape index (κ3) is 7.97. The number of nitrogens with one attached hydrogen (secondary N) is 2. The number of hydrogen-bond acceptors (Lipinski definition) is 2. The van der Waals surface area contributed by atoms with E-state index in [1.54, 1.807) is 0 Å². The Labute approximate surface area is 156 Å². The molecular formula is C22H28N2O2. The van der Waals surface area contributed by atoms with Gasteiger partial charge < -0.3 is 10.6 Å². The van der Waals surface area contributed by atoms with E-state index in [0.29, 0.717) is 19.4 Å². The molecule has 0 radical (unpaired) electrons. The molecule has 26 heavy (non-hydrogen) atoms. The first-order valence-electron chi connectivity index (χ1n) is 9.27. The summed E-state index contributed by atoms with van der Waals surface area (Å²) in [6.45, 7) is 2.55. The Morgan fingerprint density at radius 2 is 1.31 bits per heavy atom. The number of amides is 2. The SMILES string of the molecule is C[C@@H](CCNC(=O)CCc1ccccc1)NC(=O)CCc1ccccc1. The van der Waals surface area contributed by atoms with Crippen molar-refractivity contribution in [3.05, 3.63) is 71.8 Å². The molecule has 138 valence electrons. The standard InChI is InChI=1S/C22H28N2O2/c1-18(24-22(26)15-13-20-10-6-3-7-11-20)16-17-23-21(25)14-12-19-8-4-2-5-9-19/h2-11,18H,12-17H2,1H3,(H,23,25)(H,24,26)/t18-/m0/s1. The Hall–Kier alpha value is -2.62. The van der Waals surface area contributed by atoms with Gasteiger partial charge in [0.15, 0.2) is 0 Å². The zero-order chi connectivity index (χ0) is 18.6. The Kier molecular flexibility index (Phi) is 8.40. The minimum Gasteiger partial charge on any atom is -0.356 e. The molecule has 0 aliphatic heterocycles. The van der Waals surface area contributed by atoms with Crippen LogP contribution in [-0.2, 0) is 22.4 Å². The maximum absolute atomic E-state index is 12.0. The van der Waals surface area contributed by atoms with Crippen LogP contribution in [0.2, 0.25) is 0 Å². The van der Waals surface area contributed by atoms with Gasteiger partial charge in [0.1, 0.15) is 0 Å². The monoisotopic (exact) mass is 352 g/mol. The van der Waals surface area contributed by atoms with E-state index in [9.17, 15) is 9.59 Å². The van der Waals surface area contributed by atoms with Crippen molar-refractivity contribution in [2.45, 2.75) is 45.1 Å². The van der Waals surface area contributed by atoms with Crippen LogP contribution in [0.3, 0.4) is 0 Å². The van der Waals surface area contributed by atoms with Gasteiger partial charge in [-0.25, -0.2) is 0 Å². The van der Waals surface area contributed by atoms with Gasteiger partial charge in [0.05, 0.1) is 0 Å². The molecule has 0 bridgehead atoms. The topological polar surface area (TPSA) is 58.2 Å². The minimum absolute atomic E-state index is 0.0488. The quantitative estimate of drug-likeness (QED) is 0.689. The van der Waals surface area contributed by atoms with Crippen LogP contribution in [-0.4, -0.2) is 24.4 Å². The van der Waals surface area contributed by atoms with Gasteiger partial charge in [0, 0.05) is 25.4 Å². The lowest BCUT2D eigenvalue weighted by Crippen LogP contribution is -2.36. The van der Waals surface area contributed by atoms with E-state index in [-0.39, 0.29) is 17.9 Å². The van der Waals surface area contributed by atoms with E-state index in [1.807, 2.05) is 67.6 Å². The van der Waals surface area contributed by atoms with Crippen molar-refractivity contribution in [1.82, 2.24) is 10.6 Å². The van der Waals surface area contributed by atoms with Crippen molar-refractivity contribution >= 4 is 11.8 Å². The van der Waals surface area contributed by atoms with Crippen LogP contribution in [0.1, 0.15) is 37.3 Å². The molecule has 0 aliphatic carbocycles. The summed E-state index contributed by atoms with van der Waals surface area (Å²) in [4.78, 5) is 23.9. The zero-order valence-corrected chi connectivity index (χ0v) is 15.4. The Morgan fingerprint density at radius 3 is 1.85 bits per heavy atom. The first-order valence-corrected chi connectivity index (χ1v) is 9.27. The molecule has 2 aromatic carbocycles. The second-order valence-corrected chi connectivity index (χ2v) is 6.58. The fraction of sp³-hybridized carbons (Fsp3) is 0.364. The highest BCUT2D eigenvalue weighted by Crippen LogP contribution is 2.03. The van der Waals surface area contributed by atoms with E-state index in [2.05, 4.69) is 10.6 Å². The van der Waals surface area contributed by atoms with E-state index in [1.165, 1.54) is 11.1 Å². The summed E-state index contributed by atoms with van der Waals surface area (Å²) in [7, 11) is 0. The molecule has 4 heteroatoms. The molecule has 0 fully saturated rings. The lowest BCUT2D eigenvalue weighted by Gasteiger charge is -2.14. The molecule has 2 N–H and O–H groups in total. The first kappa shape index (κ1) is 19.7. The van der Waals surface area contributed by atoms with Crippen molar-refractivity contribution in [2.75, 3.05) is 6.54 Å². The zero-order valence-electron chi connectivity index (χ0n) is 15.4. The third-order valence-electron chi connectivity index (χ3n) is 4.27. The lowest BCUT2D eigenvalue weighted by atomic mass is 10.1. The summed E-state index contributed by atoms with van der Waals surface area (Å²) >= 11 is 0. The summed E-state index contributed by atoms with van der Waals surface area (Å²) in [6, 6.07) is 20.0. The van der Waals surface area contributed by atoms with Gasteiger partial charge >= 0.3 is 0 Å². The van der Waals surface area contributed by atoms with Crippen molar-refractivity contribution in [1.29, 1.82) is 0 Å². The molecule has 0 unspecified atom stereocenters. The highest BCUT2D eigenvalue weighted by Gasteiger charge is 2.08. The van der Waals surface area contributed by atoms with Crippen LogP contribution in [0.5, 0.6) is 0 Å². The van der Waals surface area contributed by atoms with Crippen LogP contribution in [0.4, 0.5) is 0 Å². The number of rotatable bonds is 10. The van der Waals surface area contributed by atoms with E-state index in [4.69, 9.17) is 0 Å². The van der Waals surface area contributed by atoms with Gasteiger partial charge in [-0.1, -0.05) is 60.7 Å². The lowest BCUT2D eigenvalue weighted by molar-refractivity contribution is -0.121. The predicted molar refractivity (Wildman–Crippen MR) is 105 cm³/mol. The Bertz CT molecular complexity index is 671. The number of carbonyl (C=O) groups is 2. The molecular weight excluding hydrogens is 324 g/mol. The Morgan fingerprint density at radius 1 is 0.808 bits per heavy atom. The van der Waals surface area contributed by atoms with Crippen molar-refractivity contribution in [3.8, 4) is 0 Å². The molecule has 1 atom stereocenters. The summed E-state index contributed by atoms with van der Waals surface area (Å²) in [5.74, 6) is 0.105. The van der Waals surface area contributed by atoms with Gasteiger partial charge in [-0.05, 0) is 37.3 Å². The van der Waals surface area contributed by atoms with Crippen LogP contribution in [0.25, 0.3) is 0 Å². The van der Waals surface area contributed by atoms with Crippen LogP contribution < -0.4 is 10.6 Å². The number of benzene rings is 2. The summed E-state index contributed by atoms with van der Waals surface area (Å²) in [5.41, 5.74) is 2.34. The first-order chi connectivity index (χ1) is 12.6. The average molecular weight is 352 g/mol. The van der Waals surface area contributed by atoms with Crippen LogP contribution in [0, 0.1) is 0 Å². The van der Waals surface area contributed by atoms with Crippen LogP contribution >= 0.6 is 0 Å². The molecule has 0 aromatic heterocycles. The normalized spacial score (nSPS) is 11.6. The maximum atomic E-state index is 12.0. The molecule has 0 aliphatic rings. The van der Waals surface area contributed by atoms with Crippen molar-refractivity contribution in [2.24, 2.45) is 0 Å². The molecule has 0 heterocycles. The summed E-state index contributed by atoms with van der Waals surface area (Å²) in [5, 5.41) is 5.92. The van der Waals surface area contributed by atoms with E-state index >= 15 is 0 Å². The van der Waals surface area contributed by atoms with E-state index < -0.39 is 0 Å². The largest absolute Gasteiger partial charge is 0.356 e. The smallest absolute Gasteiger partial charge is 0.220 e. The molecule has 4 nitrogen and oxygen atoms in total. The summed E-state index contributed by atoms with van der Waals surface area (Å²) in [6.07, 6.45) is 3.20. The third-order valence-corrected chi connectivity index (χ3v) is 4.27. The number of aryl methyl sites for hydroxylation is 2. The van der Waals surface area contributed by atoms with E-state index in [0.717, 1.165) is 19.3 Å². The molecule has 0 spiro atoms. The molecule has 2 aromatic rings. The predicted octanol–water partition coefficient (Wildman–Crippen LogP) is 3.26. The van der Waals surface area contributed by atoms with Gasteiger partial charge in [0.25, 0.3) is 0 Å². The maximum Gasteiger partial charge on any atom is 0.220 e. The molecule has 0 saturated heterocycles.